The van der Waals surface area contributed by atoms with Gasteiger partial charge < -0.3 is 9.73 Å². The summed E-state index contributed by atoms with van der Waals surface area (Å²) in [5.41, 5.74) is 0.954. The standard InChI is InChI=1S/C16H17NOS/c1-11(17-12(2)16-8-5-9-19-16)15-10-13-6-3-4-7-14(13)18-15/h3-12,17H,1-2H3. The number of rotatable bonds is 4. The van der Waals surface area contributed by atoms with Crippen LogP contribution in [0.15, 0.2) is 52.3 Å². The van der Waals surface area contributed by atoms with Gasteiger partial charge in [-0.25, -0.2) is 0 Å². The molecule has 98 valence electrons. The molecule has 0 spiro atoms. The summed E-state index contributed by atoms with van der Waals surface area (Å²) in [6, 6.07) is 15.0. The van der Waals surface area contributed by atoms with Crippen molar-refractivity contribution < 1.29 is 4.42 Å². The van der Waals surface area contributed by atoms with Crippen LogP contribution in [0.3, 0.4) is 0 Å². The Kier molecular flexibility index (Phi) is 3.40. The van der Waals surface area contributed by atoms with Crippen molar-refractivity contribution in [3.63, 3.8) is 0 Å². The number of furan rings is 1. The smallest absolute Gasteiger partial charge is 0.134 e. The summed E-state index contributed by atoms with van der Waals surface area (Å²) in [5, 5.41) is 6.85. The van der Waals surface area contributed by atoms with E-state index in [0.717, 1.165) is 16.7 Å². The van der Waals surface area contributed by atoms with Gasteiger partial charge in [-0.1, -0.05) is 24.3 Å². The van der Waals surface area contributed by atoms with Gasteiger partial charge >= 0.3 is 0 Å². The van der Waals surface area contributed by atoms with Crippen molar-refractivity contribution in [3.05, 3.63) is 58.5 Å². The Bertz CT molecular complexity index is 623. The predicted octanol–water partition coefficient (Wildman–Crippen LogP) is 4.91. The molecule has 2 unspecified atom stereocenters. The van der Waals surface area contributed by atoms with Gasteiger partial charge in [-0.2, -0.15) is 0 Å². The molecule has 0 fully saturated rings. The number of benzene rings is 1. The molecule has 2 aromatic heterocycles. The molecule has 2 atom stereocenters. The summed E-state index contributed by atoms with van der Waals surface area (Å²) in [5.74, 6) is 0.990. The van der Waals surface area contributed by atoms with E-state index in [1.54, 1.807) is 11.3 Å². The molecule has 0 bridgehead atoms. The Morgan fingerprint density at radius 2 is 1.89 bits per heavy atom. The number of fused-ring (bicyclic) bond motifs is 1. The minimum atomic E-state index is 0.199. The molecule has 0 saturated carbocycles. The summed E-state index contributed by atoms with van der Waals surface area (Å²) in [6.45, 7) is 4.33. The van der Waals surface area contributed by atoms with E-state index in [0.29, 0.717) is 6.04 Å². The first kappa shape index (κ1) is 12.5. The Balaban J connectivity index is 1.78. The summed E-state index contributed by atoms with van der Waals surface area (Å²) in [4.78, 5) is 1.35. The van der Waals surface area contributed by atoms with Gasteiger partial charge in [0.1, 0.15) is 11.3 Å². The first-order chi connectivity index (χ1) is 9.24. The van der Waals surface area contributed by atoms with Crippen molar-refractivity contribution >= 4 is 22.3 Å². The first-order valence-corrected chi connectivity index (χ1v) is 7.40. The lowest BCUT2D eigenvalue weighted by Gasteiger charge is -2.17. The van der Waals surface area contributed by atoms with E-state index < -0.39 is 0 Å². The second kappa shape index (κ2) is 5.19. The maximum atomic E-state index is 5.89. The topological polar surface area (TPSA) is 25.2 Å². The van der Waals surface area contributed by atoms with Crippen molar-refractivity contribution in [2.45, 2.75) is 25.9 Å². The number of para-hydroxylation sites is 1. The van der Waals surface area contributed by atoms with Gasteiger partial charge in [0, 0.05) is 16.3 Å². The van der Waals surface area contributed by atoms with Gasteiger partial charge in [0.05, 0.1) is 6.04 Å². The Hall–Kier alpha value is -1.58. The van der Waals surface area contributed by atoms with E-state index in [1.807, 2.05) is 18.2 Å². The number of hydrogen-bond acceptors (Lipinski definition) is 3. The third-order valence-corrected chi connectivity index (χ3v) is 4.40. The molecule has 2 nitrogen and oxygen atoms in total. The van der Waals surface area contributed by atoms with Crippen molar-refractivity contribution in [2.24, 2.45) is 0 Å². The second-order valence-electron chi connectivity index (χ2n) is 4.81. The zero-order valence-corrected chi connectivity index (χ0v) is 11.9. The van der Waals surface area contributed by atoms with Crippen LogP contribution in [0.2, 0.25) is 0 Å². The van der Waals surface area contributed by atoms with Crippen molar-refractivity contribution in [1.29, 1.82) is 0 Å². The minimum absolute atomic E-state index is 0.199. The summed E-state index contributed by atoms with van der Waals surface area (Å²) in [7, 11) is 0. The average Bonchev–Trinajstić information content (AvgIpc) is 3.07. The largest absolute Gasteiger partial charge is 0.459 e. The van der Waals surface area contributed by atoms with Crippen molar-refractivity contribution in [3.8, 4) is 0 Å². The molecule has 0 radical (unpaired) electrons. The Labute approximate surface area is 117 Å². The van der Waals surface area contributed by atoms with E-state index in [2.05, 4.69) is 48.8 Å². The molecular weight excluding hydrogens is 254 g/mol. The summed E-state index contributed by atoms with van der Waals surface area (Å²) >= 11 is 1.78. The fourth-order valence-corrected chi connectivity index (χ4v) is 3.04. The monoisotopic (exact) mass is 271 g/mol. The van der Waals surface area contributed by atoms with Crippen LogP contribution in [-0.4, -0.2) is 0 Å². The van der Waals surface area contributed by atoms with E-state index >= 15 is 0 Å². The second-order valence-corrected chi connectivity index (χ2v) is 5.79. The van der Waals surface area contributed by atoms with Crippen LogP contribution in [0.1, 0.15) is 36.6 Å². The minimum Gasteiger partial charge on any atom is -0.459 e. The van der Waals surface area contributed by atoms with Crippen LogP contribution in [-0.2, 0) is 0 Å². The van der Waals surface area contributed by atoms with Crippen LogP contribution in [0, 0.1) is 0 Å². The zero-order chi connectivity index (χ0) is 13.2. The highest BCUT2D eigenvalue weighted by atomic mass is 32.1. The molecule has 3 rings (SSSR count). The van der Waals surface area contributed by atoms with Crippen molar-refractivity contribution in [2.75, 3.05) is 0 Å². The lowest BCUT2D eigenvalue weighted by atomic mass is 10.2. The van der Waals surface area contributed by atoms with Crippen LogP contribution in [0.5, 0.6) is 0 Å². The highest BCUT2D eigenvalue weighted by molar-refractivity contribution is 7.10. The first-order valence-electron chi connectivity index (χ1n) is 6.52. The lowest BCUT2D eigenvalue weighted by molar-refractivity contribution is 0.420. The molecule has 3 aromatic rings. The number of hydrogen-bond donors (Lipinski definition) is 1. The third kappa shape index (κ3) is 2.57. The molecule has 1 aromatic carbocycles. The SMILES string of the molecule is CC(NC(C)c1cccs1)c1cc2ccccc2o1. The Morgan fingerprint density at radius 1 is 1.05 bits per heavy atom. The molecule has 3 heteroatoms. The van der Waals surface area contributed by atoms with Gasteiger partial charge in [0.15, 0.2) is 0 Å². The van der Waals surface area contributed by atoms with E-state index in [9.17, 15) is 0 Å². The van der Waals surface area contributed by atoms with Gasteiger partial charge in [-0.15, -0.1) is 11.3 Å². The maximum Gasteiger partial charge on any atom is 0.134 e. The number of thiophene rings is 1. The van der Waals surface area contributed by atoms with Gasteiger partial charge in [0.25, 0.3) is 0 Å². The van der Waals surface area contributed by atoms with Gasteiger partial charge in [0.2, 0.25) is 0 Å². The summed E-state index contributed by atoms with van der Waals surface area (Å²) in [6.07, 6.45) is 0. The third-order valence-electron chi connectivity index (χ3n) is 3.34. The fraction of sp³-hybridized carbons (Fsp3) is 0.250. The molecule has 2 heterocycles. The van der Waals surface area contributed by atoms with E-state index in [-0.39, 0.29) is 6.04 Å². The molecule has 0 saturated heterocycles. The zero-order valence-electron chi connectivity index (χ0n) is 11.1. The quantitative estimate of drug-likeness (QED) is 0.729. The van der Waals surface area contributed by atoms with E-state index in [1.165, 1.54) is 4.88 Å². The average molecular weight is 271 g/mol. The van der Waals surface area contributed by atoms with E-state index in [4.69, 9.17) is 4.42 Å². The normalized spacial score (nSPS) is 14.6. The molecule has 19 heavy (non-hydrogen) atoms. The van der Waals surface area contributed by atoms with Crippen LogP contribution in [0.25, 0.3) is 11.0 Å². The van der Waals surface area contributed by atoms with Crippen LogP contribution in [0.4, 0.5) is 0 Å². The summed E-state index contributed by atoms with van der Waals surface area (Å²) < 4.78 is 5.89. The van der Waals surface area contributed by atoms with Gasteiger partial charge in [-0.05, 0) is 37.4 Å². The highest BCUT2D eigenvalue weighted by Gasteiger charge is 2.15. The molecular formula is C16H17NOS. The van der Waals surface area contributed by atoms with Gasteiger partial charge in [-0.3, -0.25) is 0 Å². The van der Waals surface area contributed by atoms with Crippen LogP contribution >= 0.6 is 11.3 Å². The molecule has 0 aliphatic carbocycles. The van der Waals surface area contributed by atoms with Crippen LogP contribution < -0.4 is 5.32 Å². The molecule has 0 aliphatic rings. The number of nitrogens with one attached hydrogen (secondary N) is 1. The molecule has 1 N–H and O–H groups in total. The molecule has 0 amide bonds. The predicted molar refractivity (Wildman–Crippen MR) is 80.5 cm³/mol. The highest BCUT2D eigenvalue weighted by Crippen LogP contribution is 2.26. The Morgan fingerprint density at radius 3 is 2.63 bits per heavy atom. The lowest BCUT2D eigenvalue weighted by Crippen LogP contribution is -2.21. The van der Waals surface area contributed by atoms with Crippen molar-refractivity contribution in [1.82, 2.24) is 5.32 Å². The fourth-order valence-electron chi connectivity index (χ4n) is 2.29. The maximum absolute atomic E-state index is 5.89. The molecule has 0 aliphatic heterocycles.